The number of carbonyl (C=O) groups is 2. The van der Waals surface area contributed by atoms with E-state index in [4.69, 9.17) is 9.26 Å². The van der Waals surface area contributed by atoms with Crippen LogP contribution in [0, 0.1) is 6.92 Å². The van der Waals surface area contributed by atoms with Gasteiger partial charge in [-0.25, -0.2) is 0 Å². The van der Waals surface area contributed by atoms with Crippen molar-refractivity contribution in [1.29, 1.82) is 0 Å². The first-order chi connectivity index (χ1) is 13.5. The molecule has 150 valence electrons. The van der Waals surface area contributed by atoms with Crippen LogP contribution >= 0.6 is 11.8 Å². The third-order valence-electron chi connectivity index (χ3n) is 4.53. The number of ether oxygens (including phenoxy) is 1. The van der Waals surface area contributed by atoms with E-state index < -0.39 is 0 Å². The van der Waals surface area contributed by atoms with Crippen LogP contribution in [-0.4, -0.2) is 46.0 Å². The lowest BCUT2D eigenvalue weighted by Crippen LogP contribution is -2.35. The molecule has 1 aromatic carbocycles. The first kappa shape index (κ1) is 20.3. The predicted octanol–water partition coefficient (Wildman–Crippen LogP) is 3.24. The second-order valence-electron chi connectivity index (χ2n) is 6.87. The summed E-state index contributed by atoms with van der Waals surface area (Å²) in [6.07, 6.45) is 2.07. The molecule has 28 heavy (non-hydrogen) atoms. The summed E-state index contributed by atoms with van der Waals surface area (Å²) in [4.78, 5) is 26.9. The van der Waals surface area contributed by atoms with Crippen LogP contribution in [0.15, 0.2) is 34.9 Å². The monoisotopic (exact) mass is 403 g/mol. The molecule has 1 heterocycles. The molecule has 1 aromatic heterocycles. The number of aromatic nitrogens is 1. The standard InChI is InChI=1S/C20H25N3O4S/c1-13-10-18(22-27-13)21-20(25)14(2)28-12-19(24)23(16-6-7-16)11-15-4-8-17(26-3)9-5-15/h4-5,8-10,14,16H,6-7,11-12H2,1-3H3,(H,21,22,25)/t14-/m0/s1. The van der Waals surface area contributed by atoms with Gasteiger partial charge in [-0.2, -0.15) is 0 Å². The Morgan fingerprint density at radius 1 is 1.36 bits per heavy atom. The van der Waals surface area contributed by atoms with E-state index in [0.717, 1.165) is 24.2 Å². The first-order valence-electron chi connectivity index (χ1n) is 9.24. The third kappa shape index (κ3) is 5.51. The van der Waals surface area contributed by atoms with Crippen LogP contribution in [0.5, 0.6) is 5.75 Å². The van der Waals surface area contributed by atoms with Crippen LogP contribution in [0.3, 0.4) is 0 Å². The molecule has 3 rings (SSSR count). The molecule has 0 bridgehead atoms. The summed E-state index contributed by atoms with van der Waals surface area (Å²) in [5.41, 5.74) is 1.07. The summed E-state index contributed by atoms with van der Waals surface area (Å²) in [5, 5.41) is 6.08. The second kappa shape index (κ2) is 9.14. The number of methoxy groups -OCH3 is 1. The minimum absolute atomic E-state index is 0.0558. The number of rotatable bonds is 9. The number of benzene rings is 1. The van der Waals surface area contributed by atoms with Crippen LogP contribution in [-0.2, 0) is 16.1 Å². The molecule has 1 aliphatic carbocycles. The number of anilines is 1. The largest absolute Gasteiger partial charge is 0.497 e. The normalized spacial score (nSPS) is 14.4. The number of nitrogens with one attached hydrogen (secondary N) is 1. The quantitative estimate of drug-likeness (QED) is 0.692. The number of amides is 2. The van der Waals surface area contributed by atoms with E-state index in [2.05, 4.69) is 10.5 Å². The maximum absolute atomic E-state index is 12.8. The second-order valence-corrected chi connectivity index (χ2v) is 8.20. The van der Waals surface area contributed by atoms with Gasteiger partial charge in [0.25, 0.3) is 0 Å². The number of aryl methyl sites for hydroxylation is 1. The van der Waals surface area contributed by atoms with E-state index in [1.807, 2.05) is 29.2 Å². The third-order valence-corrected chi connectivity index (χ3v) is 5.65. The van der Waals surface area contributed by atoms with Crippen molar-refractivity contribution < 1.29 is 18.8 Å². The lowest BCUT2D eigenvalue weighted by Gasteiger charge is -2.23. The Bertz CT molecular complexity index is 817. The maximum atomic E-state index is 12.8. The van der Waals surface area contributed by atoms with Crippen LogP contribution in [0.25, 0.3) is 0 Å². The zero-order valence-corrected chi connectivity index (χ0v) is 17.1. The summed E-state index contributed by atoms with van der Waals surface area (Å²) in [7, 11) is 1.63. The molecule has 7 nitrogen and oxygen atoms in total. The molecule has 0 radical (unpaired) electrons. The van der Waals surface area contributed by atoms with Gasteiger partial charge in [0, 0.05) is 18.7 Å². The smallest absolute Gasteiger partial charge is 0.238 e. The van der Waals surface area contributed by atoms with Gasteiger partial charge in [-0.1, -0.05) is 17.3 Å². The molecule has 2 aromatic rings. The number of nitrogens with zero attached hydrogens (tertiary/aromatic N) is 2. The minimum atomic E-state index is -0.372. The lowest BCUT2D eigenvalue weighted by atomic mass is 10.2. The van der Waals surface area contributed by atoms with Crippen LogP contribution in [0.2, 0.25) is 0 Å². The summed E-state index contributed by atoms with van der Waals surface area (Å²) in [6, 6.07) is 9.71. The Kier molecular flexibility index (Phi) is 6.61. The van der Waals surface area contributed by atoms with E-state index in [1.165, 1.54) is 11.8 Å². The van der Waals surface area contributed by atoms with Gasteiger partial charge in [0.05, 0.1) is 18.1 Å². The molecule has 0 unspecified atom stereocenters. The Labute approximate surface area is 168 Å². The highest BCUT2D eigenvalue weighted by Crippen LogP contribution is 2.29. The average Bonchev–Trinajstić information content (AvgIpc) is 3.46. The van der Waals surface area contributed by atoms with Gasteiger partial charge in [-0.05, 0) is 44.4 Å². The van der Waals surface area contributed by atoms with Crippen LogP contribution in [0.4, 0.5) is 5.82 Å². The van der Waals surface area contributed by atoms with E-state index in [-0.39, 0.29) is 22.8 Å². The molecule has 8 heteroatoms. The fraction of sp³-hybridized carbons (Fsp3) is 0.450. The average molecular weight is 404 g/mol. The molecule has 2 amide bonds. The Morgan fingerprint density at radius 3 is 2.64 bits per heavy atom. The van der Waals surface area contributed by atoms with Crippen molar-refractivity contribution in [3.63, 3.8) is 0 Å². The molecule has 1 saturated carbocycles. The summed E-state index contributed by atoms with van der Waals surface area (Å²) in [5.74, 6) is 1.94. The number of hydrogen-bond acceptors (Lipinski definition) is 6. The highest BCUT2D eigenvalue weighted by Gasteiger charge is 2.32. The van der Waals surface area contributed by atoms with Crippen LogP contribution in [0.1, 0.15) is 31.1 Å². The molecule has 0 spiro atoms. The van der Waals surface area contributed by atoms with Crippen molar-refractivity contribution in [2.24, 2.45) is 0 Å². The number of carbonyl (C=O) groups excluding carboxylic acids is 2. The fourth-order valence-electron chi connectivity index (χ4n) is 2.74. The van der Waals surface area contributed by atoms with E-state index in [1.54, 1.807) is 27.0 Å². The first-order valence-corrected chi connectivity index (χ1v) is 10.3. The molecular weight excluding hydrogens is 378 g/mol. The van der Waals surface area contributed by atoms with Crippen molar-refractivity contribution >= 4 is 29.4 Å². The van der Waals surface area contributed by atoms with Gasteiger partial charge in [-0.15, -0.1) is 11.8 Å². The number of hydrogen-bond donors (Lipinski definition) is 1. The highest BCUT2D eigenvalue weighted by molar-refractivity contribution is 8.01. The van der Waals surface area contributed by atoms with Crippen molar-refractivity contribution in [1.82, 2.24) is 10.1 Å². The molecule has 0 aliphatic heterocycles. The van der Waals surface area contributed by atoms with Gasteiger partial charge in [-0.3, -0.25) is 9.59 Å². The Morgan fingerprint density at radius 2 is 2.07 bits per heavy atom. The highest BCUT2D eigenvalue weighted by atomic mass is 32.2. The zero-order valence-electron chi connectivity index (χ0n) is 16.3. The summed E-state index contributed by atoms with van der Waals surface area (Å²) >= 11 is 1.33. The predicted molar refractivity (Wildman–Crippen MR) is 108 cm³/mol. The SMILES string of the molecule is COc1ccc(CN(C(=O)CS[C@@H](C)C(=O)Nc2cc(C)on2)C2CC2)cc1. The van der Waals surface area contributed by atoms with Crippen LogP contribution < -0.4 is 10.1 Å². The van der Waals surface area contributed by atoms with Crippen molar-refractivity contribution in [2.75, 3.05) is 18.2 Å². The van der Waals surface area contributed by atoms with Gasteiger partial charge in [0.15, 0.2) is 5.82 Å². The zero-order chi connectivity index (χ0) is 20.1. The van der Waals surface area contributed by atoms with E-state index >= 15 is 0 Å². The van der Waals surface area contributed by atoms with Crippen molar-refractivity contribution in [3.05, 3.63) is 41.7 Å². The maximum Gasteiger partial charge on any atom is 0.238 e. The fourth-order valence-corrected chi connectivity index (χ4v) is 3.51. The molecule has 1 N–H and O–H groups in total. The Balaban J connectivity index is 1.51. The van der Waals surface area contributed by atoms with Gasteiger partial charge in [0.2, 0.25) is 11.8 Å². The summed E-state index contributed by atoms with van der Waals surface area (Å²) < 4.78 is 10.1. The molecule has 0 saturated heterocycles. The minimum Gasteiger partial charge on any atom is -0.497 e. The number of thioether (sulfide) groups is 1. The van der Waals surface area contributed by atoms with Crippen molar-refractivity contribution in [3.8, 4) is 5.75 Å². The molecule has 1 fully saturated rings. The van der Waals surface area contributed by atoms with E-state index in [9.17, 15) is 9.59 Å². The Hall–Kier alpha value is -2.48. The van der Waals surface area contributed by atoms with Gasteiger partial charge >= 0.3 is 0 Å². The topological polar surface area (TPSA) is 84.7 Å². The van der Waals surface area contributed by atoms with Gasteiger partial charge in [0.1, 0.15) is 11.5 Å². The van der Waals surface area contributed by atoms with Gasteiger partial charge < -0.3 is 19.5 Å². The lowest BCUT2D eigenvalue weighted by molar-refractivity contribution is -0.129. The summed E-state index contributed by atoms with van der Waals surface area (Å²) in [6.45, 7) is 4.12. The molecule has 1 atom stereocenters. The molecule has 1 aliphatic rings. The molecular formula is C20H25N3O4S. The van der Waals surface area contributed by atoms with Crippen molar-refractivity contribution in [2.45, 2.75) is 44.5 Å². The van der Waals surface area contributed by atoms with E-state index in [0.29, 0.717) is 24.2 Å².